The maximum Gasteiger partial charge on any atom is 0.306 e. The summed E-state index contributed by atoms with van der Waals surface area (Å²) >= 11 is 0. The van der Waals surface area contributed by atoms with Crippen LogP contribution >= 0.6 is 0 Å². The van der Waals surface area contributed by atoms with Gasteiger partial charge in [0.15, 0.2) is 6.10 Å². The number of esters is 3. The van der Waals surface area contributed by atoms with Gasteiger partial charge in [-0.15, -0.1) is 0 Å². The van der Waals surface area contributed by atoms with Gasteiger partial charge in [0.2, 0.25) is 0 Å². The molecule has 0 aromatic rings. The van der Waals surface area contributed by atoms with Crippen LogP contribution in [0, 0.1) is 0 Å². The monoisotopic (exact) mass is 1060 g/mol. The summed E-state index contributed by atoms with van der Waals surface area (Å²) < 4.78 is 16.9. The predicted octanol–water partition coefficient (Wildman–Crippen LogP) is 22.0. The van der Waals surface area contributed by atoms with E-state index in [1.807, 2.05) is 0 Å². The average Bonchev–Trinajstić information content (AvgIpc) is 3.42. The predicted molar refractivity (Wildman–Crippen MR) is 330 cm³/mol. The molecule has 0 heterocycles. The molecule has 0 radical (unpaired) electrons. The van der Waals surface area contributed by atoms with Crippen molar-refractivity contribution in [1.29, 1.82) is 0 Å². The van der Waals surface area contributed by atoms with E-state index in [0.29, 0.717) is 19.3 Å². The van der Waals surface area contributed by atoms with Crippen LogP contribution in [0.4, 0.5) is 0 Å². The zero-order valence-corrected chi connectivity index (χ0v) is 50.0. The van der Waals surface area contributed by atoms with E-state index in [1.54, 1.807) is 0 Å². The molecule has 0 N–H and O–H groups in total. The molecular formula is C70H120O6. The number of carbonyl (C=O) groups excluding carboxylic acids is 3. The third-order valence-electron chi connectivity index (χ3n) is 13.8. The Morgan fingerprint density at radius 2 is 0.513 bits per heavy atom. The van der Waals surface area contributed by atoms with Crippen molar-refractivity contribution in [2.45, 2.75) is 316 Å². The molecular weight excluding hydrogens is 937 g/mol. The van der Waals surface area contributed by atoms with Crippen LogP contribution in [0.25, 0.3) is 0 Å². The van der Waals surface area contributed by atoms with Crippen molar-refractivity contribution >= 4 is 17.9 Å². The second-order valence-corrected chi connectivity index (χ2v) is 21.3. The van der Waals surface area contributed by atoms with Gasteiger partial charge in [0.25, 0.3) is 0 Å². The van der Waals surface area contributed by atoms with Gasteiger partial charge in [0.1, 0.15) is 13.2 Å². The molecule has 0 aliphatic carbocycles. The molecule has 0 amide bonds. The molecule has 6 nitrogen and oxygen atoms in total. The van der Waals surface area contributed by atoms with E-state index >= 15 is 0 Å². The molecule has 0 aromatic heterocycles. The van der Waals surface area contributed by atoms with E-state index < -0.39 is 6.10 Å². The number of hydrogen-bond acceptors (Lipinski definition) is 6. The Balaban J connectivity index is 4.37. The van der Waals surface area contributed by atoms with E-state index in [1.165, 1.54) is 148 Å². The van der Waals surface area contributed by atoms with E-state index in [0.717, 1.165) is 122 Å². The summed E-state index contributed by atoms with van der Waals surface area (Å²) in [5, 5.41) is 0. The molecule has 0 spiro atoms. The van der Waals surface area contributed by atoms with Gasteiger partial charge in [-0.25, -0.2) is 0 Å². The number of hydrogen-bond donors (Lipinski definition) is 0. The van der Waals surface area contributed by atoms with E-state index in [2.05, 4.69) is 118 Å². The Labute approximate surface area is 470 Å². The van der Waals surface area contributed by atoms with Crippen LogP contribution in [-0.4, -0.2) is 37.2 Å². The van der Waals surface area contributed by atoms with Crippen LogP contribution < -0.4 is 0 Å². The van der Waals surface area contributed by atoms with E-state index in [4.69, 9.17) is 14.2 Å². The lowest BCUT2D eigenvalue weighted by molar-refractivity contribution is -0.167. The van der Waals surface area contributed by atoms with Crippen molar-refractivity contribution in [3.05, 3.63) is 97.2 Å². The third kappa shape index (κ3) is 61.2. The molecule has 1 unspecified atom stereocenters. The van der Waals surface area contributed by atoms with Crippen LogP contribution in [0.2, 0.25) is 0 Å². The highest BCUT2D eigenvalue weighted by molar-refractivity contribution is 5.71. The normalized spacial score (nSPS) is 12.7. The fraction of sp³-hybridized carbons (Fsp3) is 0.729. The topological polar surface area (TPSA) is 78.9 Å². The first kappa shape index (κ1) is 72.3. The summed E-state index contributed by atoms with van der Waals surface area (Å²) in [5.41, 5.74) is 0. The largest absolute Gasteiger partial charge is 0.462 e. The molecule has 0 aliphatic rings. The first-order chi connectivity index (χ1) is 37.5. The molecule has 6 heteroatoms. The first-order valence-corrected chi connectivity index (χ1v) is 32.2. The molecule has 1 atom stereocenters. The maximum atomic E-state index is 12.9. The highest BCUT2D eigenvalue weighted by Gasteiger charge is 2.19. The molecule has 0 fully saturated rings. The molecule has 0 saturated heterocycles. The van der Waals surface area contributed by atoms with Gasteiger partial charge >= 0.3 is 17.9 Å². The van der Waals surface area contributed by atoms with Gasteiger partial charge < -0.3 is 14.2 Å². The summed E-state index contributed by atoms with van der Waals surface area (Å²) in [6.07, 6.45) is 85.7. The highest BCUT2D eigenvalue weighted by Crippen LogP contribution is 2.17. The van der Waals surface area contributed by atoms with Crippen LogP contribution in [0.15, 0.2) is 97.2 Å². The minimum Gasteiger partial charge on any atom is -0.462 e. The summed E-state index contributed by atoms with van der Waals surface area (Å²) in [6, 6.07) is 0. The zero-order chi connectivity index (χ0) is 55.0. The number of carbonyl (C=O) groups is 3. The van der Waals surface area contributed by atoms with Crippen LogP contribution in [0.5, 0.6) is 0 Å². The summed E-state index contributed by atoms with van der Waals surface area (Å²) in [4.78, 5) is 38.3. The summed E-state index contributed by atoms with van der Waals surface area (Å²) in [5.74, 6) is -0.942. The van der Waals surface area contributed by atoms with Crippen molar-refractivity contribution < 1.29 is 28.6 Å². The smallest absolute Gasteiger partial charge is 0.306 e. The van der Waals surface area contributed by atoms with Crippen molar-refractivity contribution in [3.8, 4) is 0 Å². The Morgan fingerprint density at radius 1 is 0.276 bits per heavy atom. The molecule has 0 rings (SSSR count). The summed E-state index contributed by atoms with van der Waals surface area (Å²) in [7, 11) is 0. The SMILES string of the molecule is CC/C=C\C/C=C\C/C=C\C/C=C\CCCCCCCCC(=O)OC(COC(=O)CCCC/C=C\C/C=C\C/C=C\C/C=C\CC)COC(=O)CCCCCCCCCCCCCCCCCCCCCCCCCC. The van der Waals surface area contributed by atoms with E-state index in [9.17, 15) is 14.4 Å². The van der Waals surface area contributed by atoms with Crippen molar-refractivity contribution in [2.24, 2.45) is 0 Å². The lowest BCUT2D eigenvalue weighted by Crippen LogP contribution is -2.30. The number of ether oxygens (including phenoxy) is 3. The van der Waals surface area contributed by atoms with Crippen molar-refractivity contribution in [3.63, 3.8) is 0 Å². The Hall–Kier alpha value is -3.67. The molecule has 0 saturated carbocycles. The lowest BCUT2D eigenvalue weighted by Gasteiger charge is -2.18. The standard InChI is InChI=1S/C70H120O6/c1-4-7-10-13-16-19-22-25-28-30-32-33-34-35-36-38-39-42-45-48-51-54-57-60-63-69(72)75-66-67(65-74-68(71)62-59-56-53-50-47-44-41-27-24-21-18-15-12-9-6-3)76-70(73)64-61-58-55-52-49-46-43-40-37-31-29-26-23-20-17-14-11-8-5-2/h8-9,11-12,17-18,20-21,26-27,29,37,40-41,47,50,67H,4-7,10,13-16,19,22-25,28,30-36,38-39,42-46,48-49,51-66H2,1-3H3/b11-8-,12-9-,20-17-,21-18-,29-26-,40-37-,41-27-,50-47-. The number of rotatable bonds is 58. The minimum absolute atomic E-state index is 0.0949. The fourth-order valence-electron chi connectivity index (χ4n) is 9.07. The fourth-order valence-corrected chi connectivity index (χ4v) is 9.07. The van der Waals surface area contributed by atoms with Gasteiger partial charge in [0, 0.05) is 19.3 Å². The third-order valence-corrected chi connectivity index (χ3v) is 13.8. The summed E-state index contributed by atoms with van der Waals surface area (Å²) in [6.45, 7) is 6.40. The molecule has 76 heavy (non-hydrogen) atoms. The Morgan fingerprint density at radius 3 is 0.829 bits per heavy atom. The van der Waals surface area contributed by atoms with Gasteiger partial charge in [-0.1, -0.05) is 291 Å². The Kier molecular flexibility index (Phi) is 60.8. The molecule has 0 aromatic carbocycles. The highest BCUT2D eigenvalue weighted by atomic mass is 16.6. The maximum absolute atomic E-state index is 12.9. The average molecular weight is 1060 g/mol. The van der Waals surface area contributed by atoms with Crippen LogP contribution in [0.1, 0.15) is 310 Å². The second kappa shape index (κ2) is 63.9. The molecule has 0 bridgehead atoms. The zero-order valence-electron chi connectivity index (χ0n) is 50.0. The Bertz CT molecular complexity index is 1490. The van der Waals surface area contributed by atoms with Gasteiger partial charge in [-0.3, -0.25) is 14.4 Å². The quantitative estimate of drug-likeness (QED) is 0.0261. The lowest BCUT2D eigenvalue weighted by atomic mass is 10.0. The number of unbranched alkanes of at least 4 members (excludes halogenated alkanes) is 31. The van der Waals surface area contributed by atoms with Gasteiger partial charge in [0.05, 0.1) is 0 Å². The molecule has 436 valence electrons. The van der Waals surface area contributed by atoms with Gasteiger partial charge in [-0.2, -0.15) is 0 Å². The minimum atomic E-state index is -0.803. The second-order valence-electron chi connectivity index (χ2n) is 21.3. The molecule has 0 aliphatic heterocycles. The van der Waals surface area contributed by atoms with Crippen molar-refractivity contribution in [2.75, 3.05) is 13.2 Å². The van der Waals surface area contributed by atoms with Crippen LogP contribution in [-0.2, 0) is 28.6 Å². The first-order valence-electron chi connectivity index (χ1n) is 32.2. The van der Waals surface area contributed by atoms with Crippen molar-refractivity contribution in [1.82, 2.24) is 0 Å². The van der Waals surface area contributed by atoms with Crippen LogP contribution in [0.3, 0.4) is 0 Å². The van der Waals surface area contributed by atoms with E-state index in [-0.39, 0.29) is 31.1 Å². The van der Waals surface area contributed by atoms with Gasteiger partial charge in [-0.05, 0) is 96.3 Å². The number of allylic oxidation sites excluding steroid dienone is 16.